The first-order chi connectivity index (χ1) is 9.74. The summed E-state index contributed by atoms with van der Waals surface area (Å²) < 4.78 is 2.12. The first-order valence-corrected chi connectivity index (χ1v) is 6.62. The van der Waals surface area contributed by atoms with Crippen molar-refractivity contribution >= 4 is 34.4 Å². The summed E-state index contributed by atoms with van der Waals surface area (Å²) in [6.45, 7) is 0. The van der Waals surface area contributed by atoms with Crippen molar-refractivity contribution in [1.82, 2.24) is 4.57 Å². The van der Waals surface area contributed by atoms with E-state index < -0.39 is 0 Å². The molecule has 0 saturated heterocycles. The van der Waals surface area contributed by atoms with Gasteiger partial charge >= 0.3 is 0 Å². The van der Waals surface area contributed by atoms with Gasteiger partial charge in [0.1, 0.15) is 12.6 Å². The van der Waals surface area contributed by atoms with E-state index in [2.05, 4.69) is 28.8 Å². The number of nitrogens with zero attached hydrogens (tertiary/aromatic N) is 1. The Kier molecular flexibility index (Phi) is 3.11. The van der Waals surface area contributed by atoms with Crippen LogP contribution in [0, 0.1) is 0 Å². The minimum absolute atomic E-state index is 0.438. The highest BCUT2D eigenvalue weighted by Gasteiger charge is 2.09. The molecular weight excluding hydrogens is 250 g/mol. The number of rotatable bonds is 4. The first-order valence-electron chi connectivity index (χ1n) is 6.62. The second-order valence-electron chi connectivity index (χ2n) is 5.00. The average Bonchev–Trinajstić information content (AvgIpc) is 2.73. The summed E-state index contributed by atoms with van der Waals surface area (Å²) in [7, 11) is 2.01. The van der Waals surface area contributed by atoms with Gasteiger partial charge in [0.15, 0.2) is 0 Å². The molecule has 0 aliphatic rings. The van der Waals surface area contributed by atoms with Crippen LogP contribution < -0.4 is 0 Å². The number of fused-ring (bicyclic) bond motifs is 3. The van der Waals surface area contributed by atoms with Crippen molar-refractivity contribution in [3.05, 3.63) is 47.5 Å². The molecule has 0 unspecified atom stereocenters. The van der Waals surface area contributed by atoms with Crippen molar-refractivity contribution < 1.29 is 9.59 Å². The Morgan fingerprint density at radius 3 is 1.70 bits per heavy atom. The molecule has 0 fully saturated rings. The summed E-state index contributed by atoms with van der Waals surface area (Å²) in [6, 6.07) is 12.2. The van der Waals surface area contributed by atoms with Crippen molar-refractivity contribution in [2.75, 3.05) is 0 Å². The summed E-state index contributed by atoms with van der Waals surface area (Å²) in [6.07, 6.45) is 2.72. The fourth-order valence-electron chi connectivity index (χ4n) is 2.74. The molecule has 3 aromatic rings. The second kappa shape index (κ2) is 4.93. The predicted octanol–water partition coefficient (Wildman–Crippen LogP) is 2.81. The second-order valence-corrected chi connectivity index (χ2v) is 5.00. The molecule has 0 aliphatic heterocycles. The number of aldehydes is 2. The van der Waals surface area contributed by atoms with Gasteiger partial charge in [0.05, 0.1) is 0 Å². The lowest BCUT2D eigenvalue weighted by Crippen LogP contribution is -1.91. The third-order valence-electron chi connectivity index (χ3n) is 3.78. The van der Waals surface area contributed by atoms with E-state index in [1.165, 1.54) is 10.8 Å². The number of aryl methyl sites for hydroxylation is 1. The van der Waals surface area contributed by atoms with E-state index in [4.69, 9.17) is 0 Å². The van der Waals surface area contributed by atoms with Crippen molar-refractivity contribution in [2.45, 2.75) is 12.8 Å². The molecule has 1 heterocycles. The summed E-state index contributed by atoms with van der Waals surface area (Å²) in [5.74, 6) is 0. The molecule has 0 aliphatic carbocycles. The zero-order valence-corrected chi connectivity index (χ0v) is 11.3. The van der Waals surface area contributed by atoms with Gasteiger partial charge in [-0.1, -0.05) is 24.3 Å². The third-order valence-corrected chi connectivity index (χ3v) is 3.78. The van der Waals surface area contributed by atoms with Crippen molar-refractivity contribution in [3.63, 3.8) is 0 Å². The van der Waals surface area contributed by atoms with Gasteiger partial charge in [-0.2, -0.15) is 0 Å². The first kappa shape index (κ1) is 12.6. The van der Waals surface area contributed by atoms with E-state index in [1.54, 1.807) is 0 Å². The number of hydrogen-bond acceptors (Lipinski definition) is 2. The molecule has 3 rings (SSSR count). The lowest BCUT2D eigenvalue weighted by molar-refractivity contribution is -0.108. The molecule has 100 valence electrons. The van der Waals surface area contributed by atoms with Gasteiger partial charge in [-0.05, 0) is 23.3 Å². The van der Waals surface area contributed by atoms with Crippen molar-refractivity contribution in [3.8, 4) is 0 Å². The molecule has 2 aromatic carbocycles. The highest BCUT2D eigenvalue weighted by molar-refractivity contribution is 6.08. The Hall–Kier alpha value is -2.42. The normalized spacial score (nSPS) is 11.1. The van der Waals surface area contributed by atoms with Crippen LogP contribution in [0.2, 0.25) is 0 Å². The van der Waals surface area contributed by atoms with Gasteiger partial charge in [-0.3, -0.25) is 0 Å². The fourth-order valence-corrected chi connectivity index (χ4v) is 2.74. The standard InChI is InChI=1S/C17H15NO2/c1-18-16-10-12(6-8-19)2-4-14(16)15-5-3-13(7-9-20)11-17(15)18/h2-5,8-11H,6-7H2,1H3. The Morgan fingerprint density at radius 1 is 0.850 bits per heavy atom. The number of carbonyl (C=O) groups is 2. The fraction of sp³-hybridized carbons (Fsp3) is 0.176. The van der Waals surface area contributed by atoms with Crippen LogP contribution in [0.3, 0.4) is 0 Å². The van der Waals surface area contributed by atoms with E-state index in [0.717, 1.165) is 34.7 Å². The lowest BCUT2D eigenvalue weighted by atomic mass is 10.1. The highest BCUT2D eigenvalue weighted by atomic mass is 16.1. The van der Waals surface area contributed by atoms with Crippen LogP contribution in [-0.2, 0) is 29.5 Å². The van der Waals surface area contributed by atoms with Crippen LogP contribution in [0.1, 0.15) is 11.1 Å². The van der Waals surface area contributed by atoms with Gasteiger partial charge in [0.25, 0.3) is 0 Å². The molecule has 3 nitrogen and oxygen atoms in total. The molecule has 1 aromatic heterocycles. The summed E-state index contributed by atoms with van der Waals surface area (Å²) in [4.78, 5) is 21.3. The largest absolute Gasteiger partial charge is 0.344 e. The van der Waals surface area contributed by atoms with Crippen LogP contribution in [0.15, 0.2) is 36.4 Å². The smallest absolute Gasteiger partial charge is 0.124 e. The van der Waals surface area contributed by atoms with Crippen LogP contribution in [0.25, 0.3) is 21.8 Å². The maximum absolute atomic E-state index is 10.6. The van der Waals surface area contributed by atoms with Crippen LogP contribution in [-0.4, -0.2) is 17.1 Å². The van der Waals surface area contributed by atoms with Gasteiger partial charge in [-0.15, -0.1) is 0 Å². The van der Waals surface area contributed by atoms with E-state index in [9.17, 15) is 9.59 Å². The molecule has 0 N–H and O–H groups in total. The zero-order valence-electron chi connectivity index (χ0n) is 11.3. The molecule has 0 radical (unpaired) electrons. The van der Waals surface area contributed by atoms with Crippen LogP contribution >= 0.6 is 0 Å². The summed E-state index contributed by atoms with van der Waals surface area (Å²) in [5, 5.41) is 2.35. The quantitative estimate of drug-likeness (QED) is 0.680. The minimum Gasteiger partial charge on any atom is -0.344 e. The number of benzene rings is 2. The molecule has 0 atom stereocenters. The molecule has 0 bridgehead atoms. The third kappa shape index (κ3) is 1.92. The maximum Gasteiger partial charge on any atom is 0.124 e. The Balaban J connectivity index is 2.28. The van der Waals surface area contributed by atoms with Gasteiger partial charge in [-0.25, -0.2) is 0 Å². The van der Waals surface area contributed by atoms with E-state index in [0.29, 0.717) is 12.8 Å². The maximum atomic E-state index is 10.6. The zero-order chi connectivity index (χ0) is 14.1. The van der Waals surface area contributed by atoms with Gasteiger partial charge in [0.2, 0.25) is 0 Å². The molecule has 0 spiro atoms. The molecule has 0 amide bonds. The number of aromatic nitrogens is 1. The van der Waals surface area contributed by atoms with Crippen LogP contribution in [0.4, 0.5) is 0 Å². The summed E-state index contributed by atoms with van der Waals surface area (Å²) >= 11 is 0. The van der Waals surface area contributed by atoms with Gasteiger partial charge < -0.3 is 14.2 Å². The Bertz CT molecular complexity index is 747. The van der Waals surface area contributed by atoms with Crippen molar-refractivity contribution in [2.24, 2.45) is 7.05 Å². The number of hydrogen-bond donors (Lipinski definition) is 0. The van der Waals surface area contributed by atoms with Crippen LogP contribution in [0.5, 0.6) is 0 Å². The van der Waals surface area contributed by atoms with E-state index in [-0.39, 0.29) is 0 Å². The lowest BCUT2D eigenvalue weighted by Gasteiger charge is -2.00. The molecule has 0 saturated carbocycles. The highest BCUT2D eigenvalue weighted by Crippen LogP contribution is 2.29. The Morgan fingerprint density at radius 2 is 1.30 bits per heavy atom. The topological polar surface area (TPSA) is 39.1 Å². The molecular formula is C17H15NO2. The summed E-state index contributed by atoms with van der Waals surface area (Å²) in [5.41, 5.74) is 4.27. The van der Waals surface area contributed by atoms with Crippen molar-refractivity contribution in [1.29, 1.82) is 0 Å². The molecule has 3 heteroatoms. The monoisotopic (exact) mass is 265 g/mol. The SMILES string of the molecule is Cn1c2cc(CC=O)ccc2c2ccc(CC=O)cc21. The average molecular weight is 265 g/mol. The predicted molar refractivity (Wildman–Crippen MR) is 80.0 cm³/mol. The molecule has 20 heavy (non-hydrogen) atoms. The van der Waals surface area contributed by atoms with E-state index >= 15 is 0 Å². The minimum atomic E-state index is 0.438. The Labute approximate surface area is 116 Å². The number of carbonyl (C=O) groups excluding carboxylic acids is 2. The van der Waals surface area contributed by atoms with E-state index in [1.807, 2.05) is 19.2 Å². The van der Waals surface area contributed by atoms with Gasteiger partial charge in [0, 0.05) is 41.7 Å².